The Kier molecular flexibility index (Phi) is 4.46. The SMILES string of the molecule is CC1(C)CCc2ccc(-c3ccc(C(F)(F)F)cc3)cc2C1OC(N)=O. The molecule has 0 heterocycles. The number of fused-ring (bicyclic) bond motifs is 1. The number of halogens is 3. The van der Waals surface area contributed by atoms with Crippen LogP contribution in [0.2, 0.25) is 0 Å². The van der Waals surface area contributed by atoms with Crippen LogP contribution in [-0.4, -0.2) is 6.09 Å². The molecule has 3 rings (SSSR count). The molecule has 0 bridgehead atoms. The highest BCUT2D eigenvalue weighted by Gasteiger charge is 2.38. The molecule has 2 N–H and O–H groups in total. The number of primary amides is 1. The van der Waals surface area contributed by atoms with Crippen LogP contribution in [0.5, 0.6) is 0 Å². The quantitative estimate of drug-likeness (QED) is 0.768. The molecule has 1 unspecified atom stereocenters. The van der Waals surface area contributed by atoms with Crippen molar-refractivity contribution in [2.75, 3.05) is 0 Å². The third kappa shape index (κ3) is 3.54. The van der Waals surface area contributed by atoms with Gasteiger partial charge in [-0.3, -0.25) is 0 Å². The zero-order chi connectivity index (χ0) is 19.1. The summed E-state index contributed by atoms with van der Waals surface area (Å²) in [6.45, 7) is 4.02. The predicted molar refractivity (Wildman–Crippen MR) is 92.4 cm³/mol. The summed E-state index contributed by atoms with van der Waals surface area (Å²) in [5.41, 5.74) is 7.64. The van der Waals surface area contributed by atoms with Gasteiger partial charge in [-0.25, -0.2) is 4.79 Å². The lowest BCUT2D eigenvalue weighted by Gasteiger charge is -2.39. The number of alkyl halides is 3. The summed E-state index contributed by atoms with van der Waals surface area (Å²) >= 11 is 0. The fourth-order valence-corrected chi connectivity index (χ4v) is 3.45. The van der Waals surface area contributed by atoms with E-state index in [0.717, 1.165) is 41.7 Å². The number of aryl methyl sites for hydroxylation is 1. The van der Waals surface area contributed by atoms with Crippen LogP contribution in [0.1, 0.15) is 43.1 Å². The molecule has 1 amide bonds. The summed E-state index contributed by atoms with van der Waals surface area (Å²) in [6.07, 6.45) is -4.00. The second-order valence-electron chi connectivity index (χ2n) is 7.29. The number of benzene rings is 2. The van der Waals surface area contributed by atoms with E-state index in [-0.39, 0.29) is 5.41 Å². The fraction of sp³-hybridized carbons (Fsp3) is 0.350. The van der Waals surface area contributed by atoms with Crippen LogP contribution in [0.3, 0.4) is 0 Å². The fourth-order valence-electron chi connectivity index (χ4n) is 3.45. The summed E-state index contributed by atoms with van der Waals surface area (Å²) < 4.78 is 43.6. The topological polar surface area (TPSA) is 52.3 Å². The van der Waals surface area contributed by atoms with E-state index < -0.39 is 23.9 Å². The second-order valence-corrected chi connectivity index (χ2v) is 7.29. The van der Waals surface area contributed by atoms with E-state index in [9.17, 15) is 18.0 Å². The first-order valence-electron chi connectivity index (χ1n) is 8.34. The third-order valence-electron chi connectivity index (χ3n) is 4.96. The molecular formula is C20H20F3NO2. The summed E-state index contributed by atoms with van der Waals surface area (Å²) in [6, 6.07) is 10.7. The van der Waals surface area contributed by atoms with Crippen LogP contribution in [0.15, 0.2) is 42.5 Å². The van der Waals surface area contributed by atoms with Gasteiger partial charge in [0.05, 0.1) is 5.56 Å². The molecule has 0 aliphatic heterocycles. The number of carbonyl (C=O) groups is 1. The monoisotopic (exact) mass is 363 g/mol. The molecule has 0 radical (unpaired) electrons. The molecule has 1 atom stereocenters. The van der Waals surface area contributed by atoms with Crippen molar-refractivity contribution in [3.05, 3.63) is 59.2 Å². The number of rotatable bonds is 2. The van der Waals surface area contributed by atoms with Crippen molar-refractivity contribution >= 4 is 6.09 Å². The third-order valence-corrected chi connectivity index (χ3v) is 4.96. The normalized spacial score (nSPS) is 18.9. The lowest BCUT2D eigenvalue weighted by Crippen LogP contribution is -2.33. The summed E-state index contributed by atoms with van der Waals surface area (Å²) in [7, 11) is 0. The Balaban J connectivity index is 2.01. The van der Waals surface area contributed by atoms with Gasteiger partial charge >= 0.3 is 12.3 Å². The van der Waals surface area contributed by atoms with Crippen molar-refractivity contribution in [3.63, 3.8) is 0 Å². The second kappa shape index (κ2) is 6.34. The molecule has 26 heavy (non-hydrogen) atoms. The van der Waals surface area contributed by atoms with E-state index in [1.54, 1.807) is 0 Å². The number of ether oxygens (including phenoxy) is 1. The van der Waals surface area contributed by atoms with Crippen LogP contribution < -0.4 is 5.73 Å². The molecule has 1 aliphatic carbocycles. The Morgan fingerprint density at radius 1 is 1.12 bits per heavy atom. The highest BCUT2D eigenvalue weighted by molar-refractivity contribution is 5.67. The Morgan fingerprint density at radius 2 is 1.73 bits per heavy atom. The minimum atomic E-state index is -4.36. The minimum absolute atomic E-state index is 0.277. The Morgan fingerprint density at radius 3 is 2.31 bits per heavy atom. The summed E-state index contributed by atoms with van der Waals surface area (Å²) in [5, 5.41) is 0. The van der Waals surface area contributed by atoms with E-state index in [2.05, 4.69) is 0 Å². The number of amides is 1. The van der Waals surface area contributed by atoms with Gasteiger partial charge in [-0.15, -0.1) is 0 Å². The average Bonchev–Trinajstić information content (AvgIpc) is 2.56. The maximum Gasteiger partial charge on any atom is 0.416 e. The molecule has 0 fully saturated rings. The summed E-state index contributed by atoms with van der Waals surface area (Å²) in [4.78, 5) is 11.3. The molecule has 0 saturated heterocycles. The van der Waals surface area contributed by atoms with Gasteiger partial charge in [0.2, 0.25) is 0 Å². The maximum absolute atomic E-state index is 12.7. The van der Waals surface area contributed by atoms with Gasteiger partial charge in [-0.05, 0) is 53.3 Å². The van der Waals surface area contributed by atoms with Gasteiger partial charge in [0, 0.05) is 5.41 Å². The molecule has 0 aromatic heterocycles. The first-order valence-corrected chi connectivity index (χ1v) is 8.34. The van der Waals surface area contributed by atoms with E-state index in [4.69, 9.17) is 10.5 Å². The van der Waals surface area contributed by atoms with Gasteiger partial charge in [0.25, 0.3) is 0 Å². The van der Waals surface area contributed by atoms with Gasteiger partial charge in [0.1, 0.15) is 6.10 Å². The molecule has 138 valence electrons. The van der Waals surface area contributed by atoms with E-state index in [1.165, 1.54) is 12.1 Å². The molecular weight excluding hydrogens is 343 g/mol. The lowest BCUT2D eigenvalue weighted by atomic mass is 9.71. The van der Waals surface area contributed by atoms with Crippen molar-refractivity contribution < 1.29 is 22.7 Å². The summed E-state index contributed by atoms with van der Waals surface area (Å²) in [5.74, 6) is 0. The molecule has 1 aliphatic rings. The molecule has 3 nitrogen and oxygen atoms in total. The zero-order valence-corrected chi connectivity index (χ0v) is 14.6. The van der Waals surface area contributed by atoms with Crippen LogP contribution in [0.25, 0.3) is 11.1 Å². The van der Waals surface area contributed by atoms with E-state index >= 15 is 0 Å². The van der Waals surface area contributed by atoms with E-state index in [1.807, 2.05) is 32.0 Å². The number of nitrogens with two attached hydrogens (primary N) is 1. The van der Waals surface area contributed by atoms with Gasteiger partial charge in [-0.2, -0.15) is 13.2 Å². The van der Waals surface area contributed by atoms with Gasteiger partial charge in [-0.1, -0.05) is 38.1 Å². The average molecular weight is 363 g/mol. The van der Waals surface area contributed by atoms with E-state index in [0.29, 0.717) is 5.56 Å². The maximum atomic E-state index is 12.7. The Labute approximate surface area is 150 Å². The van der Waals surface area contributed by atoms with Crippen molar-refractivity contribution in [2.45, 2.75) is 39.0 Å². The first-order chi connectivity index (χ1) is 12.1. The Hall–Kier alpha value is -2.50. The number of carbonyl (C=O) groups excluding carboxylic acids is 1. The number of hydrogen-bond acceptors (Lipinski definition) is 2. The largest absolute Gasteiger partial charge is 0.441 e. The smallest absolute Gasteiger partial charge is 0.416 e. The first kappa shape index (κ1) is 18.3. The molecule has 2 aromatic rings. The van der Waals surface area contributed by atoms with Gasteiger partial charge < -0.3 is 10.5 Å². The van der Waals surface area contributed by atoms with Crippen LogP contribution in [-0.2, 0) is 17.3 Å². The molecule has 0 spiro atoms. The van der Waals surface area contributed by atoms with Gasteiger partial charge in [0.15, 0.2) is 0 Å². The standard InChI is InChI=1S/C20H20F3NO2/c1-19(2)10-9-13-3-4-14(11-16(13)17(19)26-18(24)25)12-5-7-15(8-6-12)20(21,22)23/h3-8,11,17H,9-10H2,1-2H3,(H2,24,25). The van der Waals surface area contributed by atoms with Crippen molar-refractivity contribution in [1.82, 2.24) is 0 Å². The van der Waals surface area contributed by atoms with Crippen molar-refractivity contribution in [1.29, 1.82) is 0 Å². The minimum Gasteiger partial charge on any atom is -0.441 e. The molecule has 0 saturated carbocycles. The molecule has 6 heteroatoms. The predicted octanol–water partition coefficient (Wildman–Crippen LogP) is 5.48. The van der Waals surface area contributed by atoms with Crippen LogP contribution in [0.4, 0.5) is 18.0 Å². The van der Waals surface area contributed by atoms with Crippen molar-refractivity contribution in [3.8, 4) is 11.1 Å². The zero-order valence-electron chi connectivity index (χ0n) is 14.6. The highest BCUT2D eigenvalue weighted by atomic mass is 19.4. The van der Waals surface area contributed by atoms with Crippen LogP contribution in [0, 0.1) is 5.41 Å². The number of hydrogen-bond donors (Lipinski definition) is 1. The Bertz CT molecular complexity index is 826. The van der Waals surface area contributed by atoms with Crippen LogP contribution >= 0.6 is 0 Å². The highest BCUT2D eigenvalue weighted by Crippen LogP contribution is 2.46. The lowest BCUT2D eigenvalue weighted by molar-refractivity contribution is -0.137. The van der Waals surface area contributed by atoms with Crippen molar-refractivity contribution in [2.24, 2.45) is 11.1 Å². The molecule has 2 aromatic carbocycles.